The third-order valence-electron chi connectivity index (χ3n) is 5.67. The van der Waals surface area contributed by atoms with E-state index in [1.54, 1.807) is 25.4 Å². The van der Waals surface area contributed by atoms with Gasteiger partial charge >= 0.3 is 0 Å². The Hall–Kier alpha value is -3.32. The molecule has 3 aromatic rings. The van der Waals surface area contributed by atoms with Crippen LogP contribution in [-0.2, 0) is 6.54 Å². The molecule has 1 aliphatic rings. The molecule has 0 unspecified atom stereocenters. The van der Waals surface area contributed by atoms with Crippen molar-refractivity contribution < 1.29 is 13.9 Å². The van der Waals surface area contributed by atoms with E-state index < -0.39 is 0 Å². The number of likely N-dealkylation sites (tertiary alicyclic amines) is 1. The molecule has 0 saturated carbocycles. The fourth-order valence-electron chi connectivity index (χ4n) is 4.04. The summed E-state index contributed by atoms with van der Waals surface area (Å²) in [6.07, 6.45) is 5.53. The van der Waals surface area contributed by atoms with Crippen LogP contribution in [0.1, 0.15) is 49.0 Å². The number of methoxy groups -OCH3 is 1. The summed E-state index contributed by atoms with van der Waals surface area (Å²) in [6, 6.07) is 13.9. The summed E-state index contributed by atoms with van der Waals surface area (Å²) in [7, 11) is 1.68. The first-order valence-electron chi connectivity index (χ1n) is 11.5. The summed E-state index contributed by atoms with van der Waals surface area (Å²) in [6.45, 7) is 7.06. The number of oxazole rings is 1. The highest BCUT2D eigenvalue weighted by molar-refractivity contribution is 5.94. The first kappa shape index (κ1) is 22.9. The molecule has 2 N–H and O–H groups in total. The molecular weight excluding hydrogens is 416 g/mol. The lowest BCUT2D eigenvalue weighted by molar-refractivity contribution is 0.0943. The first-order valence-corrected chi connectivity index (χ1v) is 11.5. The Morgan fingerprint density at radius 2 is 1.88 bits per heavy atom. The van der Waals surface area contributed by atoms with Gasteiger partial charge in [-0.15, -0.1) is 0 Å². The number of nitrogens with one attached hydrogen (secondary N) is 2. The average Bonchev–Trinajstić information content (AvgIpc) is 3.27. The van der Waals surface area contributed by atoms with E-state index in [0.29, 0.717) is 17.3 Å². The van der Waals surface area contributed by atoms with Crippen molar-refractivity contribution in [3.63, 3.8) is 0 Å². The Balaban J connectivity index is 1.45. The Labute approximate surface area is 195 Å². The molecule has 1 aromatic heterocycles. The van der Waals surface area contributed by atoms with Gasteiger partial charge in [0.1, 0.15) is 5.75 Å². The molecular formula is C26H32N4O3. The molecule has 7 nitrogen and oxygen atoms in total. The molecule has 174 valence electrons. The summed E-state index contributed by atoms with van der Waals surface area (Å²) in [4.78, 5) is 19.0. The molecule has 7 heteroatoms. The Morgan fingerprint density at radius 3 is 2.58 bits per heavy atom. The van der Waals surface area contributed by atoms with Crippen molar-refractivity contribution in [1.82, 2.24) is 15.2 Å². The van der Waals surface area contributed by atoms with E-state index in [4.69, 9.17) is 9.15 Å². The zero-order valence-electron chi connectivity index (χ0n) is 19.6. The third-order valence-corrected chi connectivity index (χ3v) is 5.67. The normalized spacial score (nSPS) is 14.3. The molecule has 1 amide bonds. The lowest BCUT2D eigenvalue weighted by atomic mass is 10.1. The van der Waals surface area contributed by atoms with Crippen LogP contribution in [0.4, 0.5) is 11.7 Å². The number of benzene rings is 2. The average molecular weight is 449 g/mol. The zero-order valence-corrected chi connectivity index (χ0v) is 19.6. The van der Waals surface area contributed by atoms with Crippen molar-refractivity contribution in [3.8, 4) is 17.1 Å². The SMILES string of the molecule is COc1cc(CN2CCCCC2)cc(Nc2ncc(-c3ccc(C(=O)NC(C)C)cc3)o2)c1. The molecule has 0 bridgehead atoms. The molecule has 0 atom stereocenters. The van der Waals surface area contributed by atoms with Gasteiger partial charge in [-0.1, -0.05) is 18.6 Å². The van der Waals surface area contributed by atoms with Crippen LogP contribution in [0.3, 0.4) is 0 Å². The minimum Gasteiger partial charge on any atom is -0.497 e. The van der Waals surface area contributed by atoms with Crippen LogP contribution in [-0.4, -0.2) is 42.0 Å². The lowest BCUT2D eigenvalue weighted by Crippen LogP contribution is -2.29. The highest BCUT2D eigenvalue weighted by Gasteiger charge is 2.13. The van der Waals surface area contributed by atoms with E-state index in [1.165, 1.54) is 24.8 Å². The lowest BCUT2D eigenvalue weighted by Gasteiger charge is -2.26. The molecule has 1 saturated heterocycles. The van der Waals surface area contributed by atoms with E-state index in [0.717, 1.165) is 36.6 Å². The van der Waals surface area contributed by atoms with Crippen LogP contribution in [0.5, 0.6) is 5.75 Å². The first-order chi connectivity index (χ1) is 16.0. The van der Waals surface area contributed by atoms with E-state index in [1.807, 2.05) is 32.0 Å². The second-order valence-corrected chi connectivity index (χ2v) is 8.77. The zero-order chi connectivity index (χ0) is 23.2. The van der Waals surface area contributed by atoms with Crippen LogP contribution >= 0.6 is 0 Å². The number of nitrogens with zero attached hydrogens (tertiary/aromatic N) is 2. The molecule has 0 aliphatic carbocycles. The highest BCUT2D eigenvalue weighted by atomic mass is 16.5. The van der Waals surface area contributed by atoms with Crippen molar-refractivity contribution in [1.29, 1.82) is 0 Å². The quantitative estimate of drug-likeness (QED) is 0.492. The van der Waals surface area contributed by atoms with E-state index in [9.17, 15) is 4.79 Å². The van der Waals surface area contributed by atoms with E-state index in [-0.39, 0.29) is 11.9 Å². The minimum absolute atomic E-state index is 0.0881. The van der Waals surface area contributed by atoms with Gasteiger partial charge in [-0.25, -0.2) is 4.98 Å². The molecule has 33 heavy (non-hydrogen) atoms. The number of aromatic nitrogens is 1. The fraction of sp³-hybridized carbons (Fsp3) is 0.385. The Bertz CT molecular complexity index is 1070. The molecule has 0 radical (unpaired) electrons. The van der Waals surface area contributed by atoms with Gasteiger partial charge < -0.3 is 19.8 Å². The number of hydrogen-bond acceptors (Lipinski definition) is 6. The van der Waals surface area contributed by atoms with E-state index in [2.05, 4.69) is 32.7 Å². The molecule has 2 heterocycles. The van der Waals surface area contributed by atoms with Crippen molar-refractivity contribution in [2.45, 2.75) is 45.7 Å². The highest BCUT2D eigenvalue weighted by Crippen LogP contribution is 2.28. The van der Waals surface area contributed by atoms with Gasteiger partial charge in [-0.05, 0) is 69.6 Å². The van der Waals surface area contributed by atoms with Crippen LogP contribution in [0.25, 0.3) is 11.3 Å². The number of hydrogen-bond donors (Lipinski definition) is 2. The Kier molecular flexibility index (Phi) is 7.29. The van der Waals surface area contributed by atoms with Gasteiger partial charge in [0.05, 0.1) is 13.3 Å². The maximum Gasteiger partial charge on any atom is 0.299 e. The smallest absolute Gasteiger partial charge is 0.299 e. The van der Waals surface area contributed by atoms with Crippen molar-refractivity contribution in [2.24, 2.45) is 0 Å². The van der Waals surface area contributed by atoms with Gasteiger partial charge in [-0.2, -0.15) is 0 Å². The van der Waals surface area contributed by atoms with Crippen molar-refractivity contribution in [2.75, 3.05) is 25.5 Å². The molecule has 4 rings (SSSR count). The number of anilines is 2. The maximum absolute atomic E-state index is 12.1. The topological polar surface area (TPSA) is 79.6 Å². The van der Waals surface area contributed by atoms with Crippen molar-refractivity contribution in [3.05, 3.63) is 59.8 Å². The Morgan fingerprint density at radius 1 is 1.12 bits per heavy atom. The van der Waals surface area contributed by atoms with E-state index >= 15 is 0 Å². The van der Waals surface area contributed by atoms with Gasteiger partial charge in [0.15, 0.2) is 5.76 Å². The molecule has 0 spiro atoms. The largest absolute Gasteiger partial charge is 0.497 e. The predicted octanol–water partition coefficient (Wildman–Crippen LogP) is 5.22. The van der Waals surface area contributed by atoms with Crippen LogP contribution < -0.4 is 15.4 Å². The van der Waals surface area contributed by atoms with Crippen LogP contribution in [0.15, 0.2) is 53.1 Å². The maximum atomic E-state index is 12.1. The predicted molar refractivity (Wildman–Crippen MR) is 130 cm³/mol. The number of carbonyl (C=O) groups is 1. The van der Waals surface area contributed by atoms with Gasteiger partial charge in [-0.3, -0.25) is 9.69 Å². The summed E-state index contributed by atoms with van der Waals surface area (Å²) in [5.74, 6) is 1.34. The number of piperidine rings is 1. The second-order valence-electron chi connectivity index (χ2n) is 8.77. The number of rotatable bonds is 8. The molecule has 1 fully saturated rings. The third kappa shape index (κ3) is 6.14. The summed E-state index contributed by atoms with van der Waals surface area (Å²) < 4.78 is 11.4. The number of carbonyl (C=O) groups excluding carboxylic acids is 1. The molecule has 1 aliphatic heterocycles. The minimum atomic E-state index is -0.0881. The van der Waals surface area contributed by atoms with Crippen molar-refractivity contribution >= 4 is 17.6 Å². The summed E-state index contributed by atoms with van der Waals surface area (Å²) in [5.41, 5.74) is 3.53. The van der Waals surface area contributed by atoms with Crippen LogP contribution in [0.2, 0.25) is 0 Å². The monoisotopic (exact) mass is 448 g/mol. The van der Waals surface area contributed by atoms with Crippen LogP contribution in [0, 0.1) is 0 Å². The van der Waals surface area contributed by atoms with Gasteiger partial charge in [0, 0.05) is 35.5 Å². The molecule has 2 aromatic carbocycles. The van der Waals surface area contributed by atoms with Gasteiger partial charge in [0.25, 0.3) is 11.9 Å². The number of amides is 1. The summed E-state index contributed by atoms with van der Waals surface area (Å²) in [5, 5.41) is 6.15. The summed E-state index contributed by atoms with van der Waals surface area (Å²) >= 11 is 0. The second kappa shape index (κ2) is 10.5. The van der Waals surface area contributed by atoms with Gasteiger partial charge in [0.2, 0.25) is 0 Å². The fourth-order valence-corrected chi connectivity index (χ4v) is 4.04. The number of ether oxygens (including phenoxy) is 1. The standard InChI is InChI=1S/C26H32N4O3/c1-18(2)28-25(31)21-9-7-20(8-10-21)24-16-27-26(33-24)29-22-13-19(14-23(15-22)32-3)17-30-11-5-4-6-12-30/h7-10,13-16,18H,4-6,11-12,17H2,1-3H3,(H,27,29)(H,28,31).